The zero-order valence-corrected chi connectivity index (χ0v) is 9.86. The molecule has 1 aromatic rings. The Labute approximate surface area is 101 Å². The molecule has 1 aliphatic rings. The third-order valence-corrected chi connectivity index (χ3v) is 3.38. The molecule has 0 amide bonds. The average Bonchev–Trinajstić information content (AvgIpc) is 2.33. The van der Waals surface area contributed by atoms with E-state index < -0.39 is 5.82 Å². The zero-order valence-electron chi connectivity index (χ0n) is 9.86. The molecule has 0 bridgehead atoms. The molecular weight excluding hydrogens is 219 g/mol. The van der Waals surface area contributed by atoms with E-state index in [1.165, 1.54) is 12.5 Å². The van der Waals surface area contributed by atoms with Gasteiger partial charge in [-0.1, -0.05) is 6.42 Å². The Hall–Kier alpha value is -1.29. The second kappa shape index (κ2) is 5.36. The minimum Gasteiger partial charge on any atom is -0.487 e. The third-order valence-electron chi connectivity index (χ3n) is 3.38. The minimum absolute atomic E-state index is 0.0341. The Morgan fingerprint density at radius 2 is 2.06 bits per heavy atom. The molecule has 2 unspecified atom stereocenters. The van der Waals surface area contributed by atoms with E-state index in [-0.39, 0.29) is 11.9 Å². The first-order valence-electron chi connectivity index (χ1n) is 6.12. The van der Waals surface area contributed by atoms with Gasteiger partial charge in [-0.25, -0.2) is 4.39 Å². The fourth-order valence-corrected chi connectivity index (χ4v) is 2.37. The highest BCUT2D eigenvalue weighted by Crippen LogP contribution is 2.29. The number of benzene rings is 1. The standard InChI is InChI=1S/C13H19FN2O/c14-11-7-10(16)5-6-13(11)17-12-4-2-1-3-9(12)8-15/h5-7,9,12H,1-4,8,15-16H2. The summed E-state index contributed by atoms with van der Waals surface area (Å²) in [5.41, 5.74) is 11.6. The second-order valence-corrected chi connectivity index (χ2v) is 4.63. The zero-order chi connectivity index (χ0) is 12.3. The van der Waals surface area contributed by atoms with Crippen LogP contribution in [0.1, 0.15) is 25.7 Å². The maximum absolute atomic E-state index is 13.6. The molecule has 1 fully saturated rings. The second-order valence-electron chi connectivity index (χ2n) is 4.63. The van der Waals surface area contributed by atoms with Crippen LogP contribution in [0.3, 0.4) is 0 Å². The van der Waals surface area contributed by atoms with Gasteiger partial charge in [0.15, 0.2) is 11.6 Å². The van der Waals surface area contributed by atoms with E-state index in [1.54, 1.807) is 12.1 Å². The van der Waals surface area contributed by atoms with Crippen molar-refractivity contribution in [1.82, 2.24) is 0 Å². The molecule has 94 valence electrons. The van der Waals surface area contributed by atoms with Crippen molar-refractivity contribution in [2.24, 2.45) is 11.7 Å². The molecule has 1 aliphatic carbocycles. The number of nitrogens with two attached hydrogens (primary N) is 2. The fourth-order valence-electron chi connectivity index (χ4n) is 2.37. The molecule has 4 N–H and O–H groups in total. The monoisotopic (exact) mass is 238 g/mol. The van der Waals surface area contributed by atoms with Crippen LogP contribution in [0.5, 0.6) is 5.75 Å². The van der Waals surface area contributed by atoms with E-state index in [1.807, 2.05) is 0 Å². The number of ether oxygens (including phenoxy) is 1. The molecule has 0 spiro atoms. The first-order chi connectivity index (χ1) is 8.20. The molecule has 3 nitrogen and oxygen atoms in total. The topological polar surface area (TPSA) is 61.3 Å². The predicted octanol–water partition coefficient (Wildman–Crippen LogP) is 2.30. The van der Waals surface area contributed by atoms with Crippen molar-refractivity contribution >= 4 is 5.69 Å². The summed E-state index contributed by atoms with van der Waals surface area (Å²) in [5, 5.41) is 0. The Morgan fingerprint density at radius 1 is 1.29 bits per heavy atom. The first-order valence-corrected chi connectivity index (χ1v) is 6.12. The number of nitrogen functional groups attached to an aromatic ring is 1. The smallest absolute Gasteiger partial charge is 0.167 e. The molecule has 17 heavy (non-hydrogen) atoms. The van der Waals surface area contributed by atoms with E-state index >= 15 is 0 Å². The van der Waals surface area contributed by atoms with Crippen molar-refractivity contribution in [1.29, 1.82) is 0 Å². The maximum Gasteiger partial charge on any atom is 0.167 e. The average molecular weight is 238 g/mol. The van der Waals surface area contributed by atoms with Crippen molar-refractivity contribution in [3.63, 3.8) is 0 Å². The molecule has 1 saturated carbocycles. The van der Waals surface area contributed by atoms with Gasteiger partial charge in [-0.2, -0.15) is 0 Å². The summed E-state index contributed by atoms with van der Waals surface area (Å²) in [6.07, 6.45) is 4.36. The molecule has 0 aliphatic heterocycles. The summed E-state index contributed by atoms with van der Waals surface area (Å²) in [4.78, 5) is 0. The van der Waals surface area contributed by atoms with E-state index in [0.717, 1.165) is 19.3 Å². The van der Waals surface area contributed by atoms with Crippen molar-refractivity contribution < 1.29 is 9.13 Å². The van der Waals surface area contributed by atoms with Crippen LogP contribution in [0.4, 0.5) is 10.1 Å². The maximum atomic E-state index is 13.6. The van der Waals surface area contributed by atoms with E-state index in [9.17, 15) is 4.39 Å². The van der Waals surface area contributed by atoms with Crippen molar-refractivity contribution in [2.75, 3.05) is 12.3 Å². The largest absolute Gasteiger partial charge is 0.487 e. The van der Waals surface area contributed by atoms with Gasteiger partial charge in [0.1, 0.15) is 6.10 Å². The van der Waals surface area contributed by atoms with Crippen LogP contribution >= 0.6 is 0 Å². The SMILES string of the molecule is NCC1CCCCC1Oc1ccc(N)cc1F. The summed E-state index contributed by atoms with van der Waals surface area (Å²) in [6, 6.07) is 4.53. The van der Waals surface area contributed by atoms with Gasteiger partial charge >= 0.3 is 0 Å². The van der Waals surface area contributed by atoms with Crippen LogP contribution < -0.4 is 16.2 Å². The van der Waals surface area contributed by atoms with Gasteiger partial charge in [-0.3, -0.25) is 0 Å². The molecule has 0 aromatic heterocycles. The molecular formula is C13H19FN2O. The first kappa shape index (κ1) is 12.2. The quantitative estimate of drug-likeness (QED) is 0.794. The summed E-state index contributed by atoms with van der Waals surface area (Å²) >= 11 is 0. The lowest BCUT2D eigenvalue weighted by Gasteiger charge is -2.31. The summed E-state index contributed by atoms with van der Waals surface area (Å²) in [7, 11) is 0. The fraction of sp³-hybridized carbons (Fsp3) is 0.538. The van der Waals surface area contributed by atoms with Gasteiger partial charge in [0, 0.05) is 17.7 Å². The molecule has 2 rings (SSSR count). The van der Waals surface area contributed by atoms with Gasteiger partial charge in [0.25, 0.3) is 0 Å². The van der Waals surface area contributed by atoms with Gasteiger partial charge in [0.05, 0.1) is 0 Å². The van der Waals surface area contributed by atoms with Crippen molar-refractivity contribution in [2.45, 2.75) is 31.8 Å². The number of halogens is 1. The van der Waals surface area contributed by atoms with Crippen LogP contribution in [0, 0.1) is 11.7 Å². The lowest BCUT2D eigenvalue weighted by atomic mass is 9.86. The lowest BCUT2D eigenvalue weighted by molar-refractivity contribution is 0.0927. The van der Waals surface area contributed by atoms with E-state index in [2.05, 4.69) is 0 Å². The van der Waals surface area contributed by atoms with Crippen LogP contribution in [0.2, 0.25) is 0 Å². The molecule has 0 heterocycles. The Balaban J connectivity index is 2.08. The van der Waals surface area contributed by atoms with Gasteiger partial charge in [-0.05, 0) is 37.9 Å². The van der Waals surface area contributed by atoms with E-state index in [0.29, 0.717) is 18.2 Å². The Morgan fingerprint density at radius 3 is 2.76 bits per heavy atom. The molecule has 2 atom stereocenters. The van der Waals surface area contributed by atoms with Crippen LogP contribution in [-0.4, -0.2) is 12.6 Å². The van der Waals surface area contributed by atoms with Gasteiger partial charge in [0.2, 0.25) is 0 Å². The molecule has 1 aromatic carbocycles. The number of anilines is 1. The summed E-state index contributed by atoms with van der Waals surface area (Å²) < 4.78 is 19.3. The molecule has 4 heteroatoms. The van der Waals surface area contributed by atoms with Crippen molar-refractivity contribution in [3.8, 4) is 5.75 Å². The number of rotatable bonds is 3. The summed E-state index contributed by atoms with van der Waals surface area (Å²) in [6.45, 7) is 0.598. The molecule has 0 radical (unpaired) electrons. The van der Waals surface area contributed by atoms with Gasteiger partial charge in [-0.15, -0.1) is 0 Å². The molecule has 0 saturated heterocycles. The number of hydrogen-bond acceptors (Lipinski definition) is 3. The normalized spacial score (nSPS) is 24.6. The minimum atomic E-state index is -0.397. The third kappa shape index (κ3) is 2.88. The number of hydrogen-bond donors (Lipinski definition) is 2. The Bertz CT molecular complexity index is 384. The Kier molecular flexibility index (Phi) is 3.84. The van der Waals surface area contributed by atoms with Crippen molar-refractivity contribution in [3.05, 3.63) is 24.0 Å². The van der Waals surface area contributed by atoms with Crippen LogP contribution in [0.25, 0.3) is 0 Å². The summed E-state index contributed by atoms with van der Waals surface area (Å²) in [5.74, 6) is 0.219. The van der Waals surface area contributed by atoms with Gasteiger partial charge < -0.3 is 16.2 Å². The highest BCUT2D eigenvalue weighted by Gasteiger charge is 2.26. The van der Waals surface area contributed by atoms with Crippen LogP contribution in [-0.2, 0) is 0 Å². The van der Waals surface area contributed by atoms with Crippen LogP contribution in [0.15, 0.2) is 18.2 Å². The highest BCUT2D eigenvalue weighted by molar-refractivity contribution is 5.42. The highest BCUT2D eigenvalue weighted by atomic mass is 19.1. The predicted molar refractivity (Wildman–Crippen MR) is 66.2 cm³/mol. The van der Waals surface area contributed by atoms with E-state index in [4.69, 9.17) is 16.2 Å². The lowest BCUT2D eigenvalue weighted by Crippen LogP contribution is -2.35.